The van der Waals surface area contributed by atoms with Crippen LogP contribution < -0.4 is 9.47 Å². The molecule has 0 saturated carbocycles. The van der Waals surface area contributed by atoms with E-state index in [1.54, 1.807) is 0 Å². The van der Waals surface area contributed by atoms with Crippen molar-refractivity contribution in [3.05, 3.63) is 102 Å². The van der Waals surface area contributed by atoms with E-state index < -0.39 is 0 Å². The molecule has 172 valence electrons. The van der Waals surface area contributed by atoms with Gasteiger partial charge in [-0.1, -0.05) is 48.5 Å². The second kappa shape index (κ2) is 10.0. The van der Waals surface area contributed by atoms with Crippen LogP contribution in [0.1, 0.15) is 29.8 Å². The summed E-state index contributed by atoms with van der Waals surface area (Å²) in [6, 6.07) is 29.1. The molecule has 0 spiro atoms. The van der Waals surface area contributed by atoms with Crippen LogP contribution in [0.5, 0.6) is 11.5 Å². The first kappa shape index (κ1) is 22.0. The third-order valence-electron chi connectivity index (χ3n) is 6.35. The van der Waals surface area contributed by atoms with Gasteiger partial charge < -0.3 is 14.0 Å². The number of aryl methyl sites for hydroxylation is 3. The normalized spacial score (nSPS) is 11.2. The molecule has 0 bridgehead atoms. The molecule has 0 N–H and O–H groups in total. The number of benzene rings is 4. The highest BCUT2D eigenvalue weighted by Crippen LogP contribution is 2.23. The van der Waals surface area contributed by atoms with Crippen molar-refractivity contribution in [3.8, 4) is 11.5 Å². The Hall–Kier alpha value is -3.79. The Labute approximate surface area is 200 Å². The van der Waals surface area contributed by atoms with Gasteiger partial charge in [0.2, 0.25) is 0 Å². The molecule has 0 fully saturated rings. The first-order valence-electron chi connectivity index (χ1n) is 11.9. The lowest BCUT2D eigenvalue weighted by Gasteiger charge is -2.12. The molecule has 0 atom stereocenters. The van der Waals surface area contributed by atoms with Gasteiger partial charge in [0.1, 0.15) is 23.9 Å². The van der Waals surface area contributed by atoms with Crippen LogP contribution in [0, 0.1) is 13.8 Å². The minimum Gasteiger partial charge on any atom is -0.494 e. The Morgan fingerprint density at radius 1 is 0.706 bits per heavy atom. The zero-order valence-electron chi connectivity index (χ0n) is 19.8. The lowest BCUT2D eigenvalue weighted by atomic mass is 10.1. The number of imidazole rings is 1. The Balaban J connectivity index is 1.23. The van der Waals surface area contributed by atoms with E-state index in [1.165, 1.54) is 21.9 Å². The molecule has 0 aliphatic carbocycles. The van der Waals surface area contributed by atoms with Crippen molar-refractivity contribution in [1.29, 1.82) is 0 Å². The summed E-state index contributed by atoms with van der Waals surface area (Å²) in [6.45, 7) is 6.27. The predicted molar refractivity (Wildman–Crippen MR) is 139 cm³/mol. The molecule has 0 aliphatic rings. The molecule has 0 amide bonds. The van der Waals surface area contributed by atoms with Gasteiger partial charge in [0.25, 0.3) is 0 Å². The standard InChI is InChI=1S/C30H30N2O2/c1-22-13-15-26(19-23(22)2)33-18-8-7-17-32-29-12-6-5-11-28(29)31-30(32)21-34-27-16-14-24-9-3-4-10-25(24)20-27/h3-6,9-16,19-20H,7-8,17-18,21H2,1-2H3. The fraction of sp³-hybridized carbons (Fsp3) is 0.233. The monoisotopic (exact) mass is 450 g/mol. The Kier molecular flexibility index (Phi) is 6.48. The van der Waals surface area contributed by atoms with E-state index in [-0.39, 0.29) is 0 Å². The minimum atomic E-state index is 0.437. The van der Waals surface area contributed by atoms with E-state index >= 15 is 0 Å². The van der Waals surface area contributed by atoms with Gasteiger partial charge >= 0.3 is 0 Å². The highest BCUT2D eigenvalue weighted by molar-refractivity contribution is 5.83. The van der Waals surface area contributed by atoms with Crippen LogP contribution in [0.15, 0.2) is 84.9 Å². The summed E-state index contributed by atoms with van der Waals surface area (Å²) in [6.07, 6.45) is 1.98. The Morgan fingerprint density at radius 3 is 2.35 bits per heavy atom. The zero-order valence-corrected chi connectivity index (χ0v) is 19.8. The highest BCUT2D eigenvalue weighted by atomic mass is 16.5. The van der Waals surface area contributed by atoms with Gasteiger partial charge in [0, 0.05) is 6.54 Å². The fourth-order valence-electron chi connectivity index (χ4n) is 4.26. The van der Waals surface area contributed by atoms with Crippen LogP contribution in [0.3, 0.4) is 0 Å². The van der Waals surface area contributed by atoms with Crippen LogP contribution in [0.4, 0.5) is 0 Å². The van der Waals surface area contributed by atoms with E-state index in [2.05, 4.69) is 85.1 Å². The molecule has 1 aromatic heterocycles. The summed E-state index contributed by atoms with van der Waals surface area (Å²) < 4.78 is 14.4. The second-order valence-electron chi connectivity index (χ2n) is 8.77. The molecule has 4 nitrogen and oxygen atoms in total. The summed E-state index contributed by atoms with van der Waals surface area (Å²) in [7, 11) is 0. The number of rotatable bonds is 9. The van der Waals surface area contributed by atoms with Crippen molar-refractivity contribution in [1.82, 2.24) is 9.55 Å². The summed E-state index contributed by atoms with van der Waals surface area (Å²) in [5.41, 5.74) is 4.71. The smallest absolute Gasteiger partial charge is 0.147 e. The maximum absolute atomic E-state index is 6.17. The van der Waals surface area contributed by atoms with Gasteiger partial charge in [-0.15, -0.1) is 0 Å². The Morgan fingerprint density at radius 2 is 1.47 bits per heavy atom. The van der Waals surface area contributed by atoms with Crippen LogP contribution in [-0.4, -0.2) is 16.2 Å². The molecule has 4 aromatic carbocycles. The van der Waals surface area contributed by atoms with Gasteiger partial charge in [-0.2, -0.15) is 0 Å². The largest absolute Gasteiger partial charge is 0.494 e. The third kappa shape index (κ3) is 4.91. The summed E-state index contributed by atoms with van der Waals surface area (Å²) in [5, 5.41) is 2.39. The number of nitrogens with zero attached hydrogens (tertiary/aromatic N) is 2. The summed E-state index contributed by atoms with van der Waals surface area (Å²) in [4.78, 5) is 4.86. The average Bonchev–Trinajstić information content (AvgIpc) is 3.22. The fourth-order valence-corrected chi connectivity index (χ4v) is 4.26. The molecule has 0 saturated heterocycles. The summed E-state index contributed by atoms with van der Waals surface area (Å²) >= 11 is 0. The maximum atomic E-state index is 6.17. The van der Waals surface area contributed by atoms with E-state index in [0.717, 1.165) is 47.7 Å². The number of aromatic nitrogens is 2. The molecule has 5 aromatic rings. The molecule has 34 heavy (non-hydrogen) atoms. The number of hydrogen-bond donors (Lipinski definition) is 0. The second-order valence-corrected chi connectivity index (χ2v) is 8.77. The van der Waals surface area contributed by atoms with E-state index in [4.69, 9.17) is 14.5 Å². The quantitative estimate of drug-likeness (QED) is 0.222. The van der Waals surface area contributed by atoms with Crippen molar-refractivity contribution >= 4 is 21.8 Å². The topological polar surface area (TPSA) is 36.3 Å². The molecule has 0 aliphatic heterocycles. The number of ether oxygens (including phenoxy) is 2. The SMILES string of the molecule is Cc1ccc(OCCCCn2c(COc3ccc4ccccc4c3)nc3ccccc32)cc1C. The predicted octanol–water partition coefficient (Wildman–Crippen LogP) is 7.24. The minimum absolute atomic E-state index is 0.437. The Bertz CT molecular complexity index is 1420. The van der Waals surface area contributed by atoms with Crippen LogP contribution in [-0.2, 0) is 13.2 Å². The van der Waals surface area contributed by atoms with E-state index in [9.17, 15) is 0 Å². The van der Waals surface area contributed by atoms with Crippen molar-refractivity contribution in [2.24, 2.45) is 0 Å². The van der Waals surface area contributed by atoms with E-state index in [1.807, 2.05) is 18.2 Å². The zero-order chi connectivity index (χ0) is 23.3. The number of fused-ring (bicyclic) bond motifs is 2. The van der Waals surface area contributed by atoms with Crippen LogP contribution in [0.25, 0.3) is 21.8 Å². The number of para-hydroxylation sites is 2. The molecular formula is C30H30N2O2. The summed E-state index contributed by atoms with van der Waals surface area (Å²) in [5.74, 6) is 2.75. The van der Waals surface area contributed by atoms with Gasteiger partial charge in [-0.25, -0.2) is 4.98 Å². The maximum Gasteiger partial charge on any atom is 0.147 e. The molecule has 5 rings (SSSR count). The van der Waals surface area contributed by atoms with Gasteiger partial charge in [0.15, 0.2) is 0 Å². The van der Waals surface area contributed by atoms with Crippen molar-refractivity contribution in [3.63, 3.8) is 0 Å². The lowest BCUT2D eigenvalue weighted by Crippen LogP contribution is -2.09. The third-order valence-corrected chi connectivity index (χ3v) is 6.35. The van der Waals surface area contributed by atoms with Crippen LogP contribution in [0.2, 0.25) is 0 Å². The van der Waals surface area contributed by atoms with Gasteiger partial charge in [-0.3, -0.25) is 0 Å². The molecular weight excluding hydrogens is 420 g/mol. The first-order valence-corrected chi connectivity index (χ1v) is 11.9. The number of unbranched alkanes of at least 4 members (excludes halogenated alkanes) is 1. The molecule has 1 heterocycles. The highest BCUT2D eigenvalue weighted by Gasteiger charge is 2.11. The first-order chi connectivity index (χ1) is 16.7. The molecule has 0 radical (unpaired) electrons. The van der Waals surface area contributed by atoms with Crippen molar-refractivity contribution in [2.45, 2.75) is 39.8 Å². The van der Waals surface area contributed by atoms with E-state index in [0.29, 0.717) is 13.2 Å². The van der Waals surface area contributed by atoms with Crippen molar-refractivity contribution in [2.75, 3.05) is 6.61 Å². The van der Waals surface area contributed by atoms with Gasteiger partial charge in [0.05, 0.1) is 17.6 Å². The average molecular weight is 451 g/mol. The number of hydrogen-bond acceptors (Lipinski definition) is 3. The molecule has 4 heteroatoms. The lowest BCUT2D eigenvalue weighted by molar-refractivity contribution is 0.285. The van der Waals surface area contributed by atoms with Crippen LogP contribution >= 0.6 is 0 Å². The van der Waals surface area contributed by atoms with Gasteiger partial charge in [-0.05, 0) is 85.0 Å². The van der Waals surface area contributed by atoms with Crippen molar-refractivity contribution < 1.29 is 9.47 Å². The molecule has 0 unspecified atom stereocenters.